The number of likely N-dealkylation sites (tertiary alicyclic amines) is 1. The quantitative estimate of drug-likeness (QED) is 0.0405. The molecule has 1 heterocycles. The van der Waals surface area contributed by atoms with Crippen molar-refractivity contribution in [3.8, 4) is 12.3 Å². The molecule has 266 valence electrons. The van der Waals surface area contributed by atoms with Crippen LogP contribution in [0.2, 0.25) is 0 Å². The van der Waals surface area contributed by atoms with E-state index in [-0.39, 0.29) is 31.0 Å². The Labute approximate surface area is 282 Å². The minimum Gasteiger partial charge on any atom is -0.346 e. The van der Waals surface area contributed by atoms with E-state index in [4.69, 9.17) is 11.0 Å². The maximum atomic E-state index is 14.0. The van der Waals surface area contributed by atoms with Crippen LogP contribution in [0.5, 0.6) is 0 Å². The van der Waals surface area contributed by atoms with E-state index in [1.54, 1.807) is 0 Å². The topological polar surface area (TPSA) is 189 Å². The number of carbonyl (C=O) groups is 5. The number of unbranched alkanes of at least 4 members (excludes halogenated alkanes) is 1. The van der Waals surface area contributed by atoms with E-state index in [2.05, 4.69) is 39.1 Å². The van der Waals surface area contributed by atoms with Crippen LogP contribution in [-0.4, -0.2) is 111 Å². The van der Waals surface area contributed by atoms with Gasteiger partial charge in [0.05, 0.1) is 6.04 Å². The fraction of sp³-hybridized carbons (Fsp3) is 0.719. The van der Waals surface area contributed by atoms with E-state index in [0.29, 0.717) is 45.3 Å². The lowest BCUT2D eigenvalue weighted by Crippen LogP contribution is -2.61. The van der Waals surface area contributed by atoms with Gasteiger partial charge in [0, 0.05) is 52.2 Å². The smallest absolute Gasteiger partial charge is 0.315 e. The lowest BCUT2D eigenvalue weighted by Gasteiger charge is -2.37. The van der Waals surface area contributed by atoms with Crippen LogP contribution >= 0.6 is 0 Å². The van der Waals surface area contributed by atoms with Gasteiger partial charge in [-0.3, -0.25) is 23.7 Å². The number of likely N-dealkylation sites (N-methyl/N-ethyl adjacent to an activating group) is 1. The van der Waals surface area contributed by atoms with Gasteiger partial charge in [-0.2, -0.15) is 0 Å². The highest BCUT2D eigenvalue weighted by molar-refractivity contribution is 7.76. The van der Waals surface area contributed by atoms with Crippen LogP contribution in [0.15, 0.2) is 12.7 Å². The summed E-state index contributed by atoms with van der Waals surface area (Å²) in [5, 5.41) is 14.1. The molecule has 0 aromatic carbocycles. The van der Waals surface area contributed by atoms with Gasteiger partial charge in [-0.25, -0.2) is 13.3 Å². The molecule has 1 saturated heterocycles. The summed E-state index contributed by atoms with van der Waals surface area (Å²) in [5.41, 5.74) is -1.10. The number of urea groups is 1. The van der Waals surface area contributed by atoms with E-state index in [1.807, 2.05) is 41.5 Å². The molecule has 0 aliphatic carbocycles. The number of hydrogen-bond acceptors (Lipinski definition) is 7. The summed E-state index contributed by atoms with van der Waals surface area (Å²) in [4.78, 5) is 67.5. The molecule has 0 aromatic heterocycles. The number of terminal acetylenes is 1. The number of amides is 5. The first-order valence-corrected chi connectivity index (χ1v) is 17.0. The van der Waals surface area contributed by atoms with E-state index in [0.717, 1.165) is 0 Å². The van der Waals surface area contributed by atoms with Crippen molar-refractivity contribution < 1.29 is 32.7 Å². The van der Waals surface area contributed by atoms with Crippen molar-refractivity contribution in [3.05, 3.63) is 12.7 Å². The third-order valence-electron chi connectivity index (χ3n) is 7.87. The molecule has 2 unspecified atom stereocenters. The van der Waals surface area contributed by atoms with Crippen molar-refractivity contribution >= 4 is 40.8 Å². The molecule has 0 saturated carbocycles. The zero-order chi connectivity index (χ0) is 35.9. The number of carbonyl (C=O) groups excluding carboxylic acids is 5. The van der Waals surface area contributed by atoms with Crippen molar-refractivity contribution in [2.75, 3.05) is 39.8 Å². The average Bonchev–Trinajstić information content (AvgIpc) is 3.48. The Balaban J connectivity index is 3.06. The summed E-state index contributed by atoms with van der Waals surface area (Å²) in [6.07, 6.45) is 8.60. The van der Waals surface area contributed by atoms with E-state index in [9.17, 15) is 28.2 Å². The zero-order valence-electron chi connectivity index (χ0n) is 28.9. The Morgan fingerprint density at radius 3 is 2.32 bits per heavy atom. The third-order valence-corrected chi connectivity index (χ3v) is 8.59. The highest BCUT2D eigenvalue weighted by Gasteiger charge is 2.43. The molecule has 0 radical (unpaired) electrons. The standard InChI is InChI=1S/C32H55N7O7S/c1-10-12-13-15-22(25(40)28(42)34-17-11-2)35-27(41)23-16-14-19-39(23)29(43)26(32(6,7)8)37-30(44)36-24(31(3,4)5)21-33-18-20-38(9)47(45)46/h1,11,22-24,26,33H,2,12-21H2,3-9H3,(H,34,42)(H,35,41)(H,45,46)(H2,36,37,44)/t22?,23-,24+,26+/m0/s1. The molecule has 0 aromatic rings. The number of nitrogens with one attached hydrogen (secondary N) is 5. The first-order valence-electron chi connectivity index (χ1n) is 15.9. The van der Waals surface area contributed by atoms with Gasteiger partial charge in [0.1, 0.15) is 12.1 Å². The van der Waals surface area contributed by atoms with Gasteiger partial charge in [0.2, 0.25) is 28.9 Å². The molecule has 6 N–H and O–H groups in total. The van der Waals surface area contributed by atoms with Crippen LogP contribution in [0, 0.1) is 23.2 Å². The van der Waals surface area contributed by atoms with Crippen LogP contribution in [0.4, 0.5) is 4.79 Å². The minimum absolute atomic E-state index is 0.0910. The second-order valence-corrected chi connectivity index (χ2v) is 14.9. The maximum absolute atomic E-state index is 14.0. The second-order valence-electron chi connectivity index (χ2n) is 13.8. The highest BCUT2D eigenvalue weighted by atomic mass is 32.2. The Kier molecular flexibility index (Phi) is 17.3. The molecular formula is C32H55N7O7S. The molecule has 1 fully saturated rings. The summed E-state index contributed by atoms with van der Waals surface area (Å²) >= 11 is -2.08. The van der Waals surface area contributed by atoms with E-state index >= 15 is 0 Å². The lowest BCUT2D eigenvalue weighted by atomic mass is 9.85. The molecule has 14 nitrogen and oxygen atoms in total. The highest BCUT2D eigenvalue weighted by Crippen LogP contribution is 2.26. The summed E-state index contributed by atoms with van der Waals surface area (Å²) in [6, 6.07) is -3.92. The molecule has 0 spiro atoms. The average molecular weight is 682 g/mol. The van der Waals surface area contributed by atoms with Gasteiger partial charge < -0.3 is 31.5 Å². The Morgan fingerprint density at radius 1 is 1.11 bits per heavy atom. The predicted molar refractivity (Wildman–Crippen MR) is 182 cm³/mol. The number of rotatable bonds is 18. The van der Waals surface area contributed by atoms with Gasteiger partial charge in [0.25, 0.3) is 5.91 Å². The molecule has 0 bridgehead atoms. The number of hydrogen-bond donors (Lipinski definition) is 6. The maximum Gasteiger partial charge on any atom is 0.315 e. The van der Waals surface area contributed by atoms with E-state index < -0.39 is 64.3 Å². The normalized spacial score (nSPS) is 17.5. The summed E-state index contributed by atoms with van der Waals surface area (Å²) in [6.45, 7) is 16.3. The molecular weight excluding hydrogens is 626 g/mol. The summed E-state index contributed by atoms with van der Waals surface area (Å²) in [7, 11) is 1.52. The zero-order valence-corrected chi connectivity index (χ0v) is 29.8. The molecule has 5 amide bonds. The first-order chi connectivity index (χ1) is 21.8. The van der Waals surface area contributed by atoms with Crippen molar-refractivity contribution in [1.82, 2.24) is 35.8 Å². The SMILES string of the molecule is C#CCCCC(NC(=O)[C@@H]1CCCN1C(=O)[C@@H](NC(=O)N[C@H](CNCCN(C)S(=O)O)C(C)(C)C)C(C)(C)C)C(=O)C(=O)NCC=C. The number of nitrogens with zero attached hydrogens (tertiary/aromatic N) is 2. The molecule has 1 rings (SSSR count). The van der Waals surface area contributed by atoms with Crippen LogP contribution < -0.4 is 26.6 Å². The van der Waals surface area contributed by atoms with Crippen molar-refractivity contribution in [1.29, 1.82) is 0 Å². The molecule has 47 heavy (non-hydrogen) atoms. The van der Waals surface area contributed by atoms with Crippen molar-refractivity contribution in [3.63, 3.8) is 0 Å². The fourth-order valence-electron chi connectivity index (χ4n) is 4.94. The molecule has 1 aliphatic heterocycles. The number of ketones is 1. The Bertz CT molecular complexity index is 1180. The monoisotopic (exact) mass is 681 g/mol. The fourth-order valence-corrected chi connectivity index (χ4v) is 5.19. The van der Waals surface area contributed by atoms with Crippen molar-refractivity contribution in [2.45, 2.75) is 97.8 Å². The summed E-state index contributed by atoms with van der Waals surface area (Å²) in [5.74, 6) is -0.168. The van der Waals surface area contributed by atoms with Gasteiger partial charge in [-0.15, -0.1) is 18.9 Å². The van der Waals surface area contributed by atoms with Crippen LogP contribution in [-0.2, 0) is 30.4 Å². The Morgan fingerprint density at radius 2 is 1.77 bits per heavy atom. The lowest BCUT2D eigenvalue weighted by molar-refractivity contribution is -0.143. The molecule has 1 aliphatic rings. The second kappa shape index (κ2) is 19.5. The third kappa shape index (κ3) is 14.1. The van der Waals surface area contributed by atoms with Crippen LogP contribution in [0.25, 0.3) is 0 Å². The molecule has 15 heteroatoms. The van der Waals surface area contributed by atoms with E-state index in [1.165, 1.54) is 22.3 Å². The predicted octanol–water partition coefficient (Wildman–Crippen LogP) is 0.924. The summed E-state index contributed by atoms with van der Waals surface area (Å²) < 4.78 is 21.6. The van der Waals surface area contributed by atoms with Gasteiger partial charge in [0.15, 0.2) is 0 Å². The van der Waals surface area contributed by atoms with Gasteiger partial charge in [-0.05, 0) is 36.5 Å². The minimum atomic E-state index is -2.08. The Hall–Kier alpha value is -3.32. The molecule has 5 atom stereocenters. The van der Waals surface area contributed by atoms with Crippen LogP contribution in [0.1, 0.15) is 73.6 Å². The van der Waals surface area contributed by atoms with Crippen molar-refractivity contribution in [2.24, 2.45) is 10.8 Å². The van der Waals surface area contributed by atoms with Crippen LogP contribution in [0.3, 0.4) is 0 Å². The van der Waals surface area contributed by atoms with Gasteiger partial charge >= 0.3 is 6.03 Å². The van der Waals surface area contributed by atoms with Gasteiger partial charge in [-0.1, -0.05) is 47.6 Å². The first kappa shape index (κ1) is 41.7. The number of Topliss-reactive ketones (excluding diaryl/α,β-unsaturated/α-hetero) is 1. The largest absolute Gasteiger partial charge is 0.346 e.